The van der Waals surface area contributed by atoms with E-state index in [1.807, 2.05) is 75.4 Å². The van der Waals surface area contributed by atoms with E-state index in [1.54, 1.807) is 42.5 Å². The highest BCUT2D eigenvalue weighted by atomic mass is 35.5. The Kier molecular flexibility index (Phi) is 11.2. The molecule has 0 radical (unpaired) electrons. The quantitative estimate of drug-likeness (QED) is 0.185. The molecule has 0 saturated carbocycles. The van der Waals surface area contributed by atoms with Gasteiger partial charge in [-0.05, 0) is 73.4 Å². The number of carbonyl (C=O) groups is 2. The Morgan fingerprint density at radius 3 is 2.05 bits per heavy atom. The molecule has 0 spiro atoms. The first-order chi connectivity index (χ1) is 21.1. The van der Waals surface area contributed by atoms with Crippen molar-refractivity contribution in [1.29, 1.82) is 0 Å². The first-order valence-electron chi connectivity index (χ1n) is 14.6. The molecule has 0 bridgehead atoms. The first kappa shape index (κ1) is 32.8. The maximum atomic E-state index is 14.5. The van der Waals surface area contributed by atoms with Crippen molar-refractivity contribution >= 4 is 39.1 Å². The molecular formula is C35H38ClN3O4S. The minimum atomic E-state index is -4.16. The summed E-state index contributed by atoms with van der Waals surface area (Å²) in [5, 5.41) is 3.49. The third-order valence-corrected chi connectivity index (χ3v) is 9.64. The topological polar surface area (TPSA) is 86.8 Å². The number of nitrogens with one attached hydrogen (secondary N) is 1. The van der Waals surface area contributed by atoms with Crippen LogP contribution in [0.15, 0.2) is 114 Å². The van der Waals surface area contributed by atoms with Crippen molar-refractivity contribution in [3.05, 3.63) is 131 Å². The number of aryl methyl sites for hydroxylation is 1. The van der Waals surface area contributed by atoms with Gasteiger partial charge in [0.25, 0.3) is 10.0 Å². The minimum Gasteiger partial charge on any atom is -0.352 e. The zero-order valence-electron chi connectivity index (χ0n) is 25.2. The highest BCUT2D eigenvalue weighted by Crippen LogP contribution is 2.26. The maximum absolute atomic E-state index is 14.5. The zero-order chi connectivity index (χ0) is 31.7. The lowest BCUT2D eigenvalue weighted by molar-refractivity contribution is -0.140. The summed E-state index contributed by atoms with van der Waals surface area (Å²) in [7, 11) is -4.16. The number of benzene rings is 4. The van der Waals surface area contributed by atoms with Crippen molar-refractivity contribution in [2.24, 2.45) is 0 Å². The van der Waals surface area contributed by atoms with Crippen LogP contribution in [0, 0.1) is 6.92 Å². The molecule has 2 amide bonds. The van der Waals surface area contributed by atoms with Gasteiger partial charge < -0.3 is 10.2 Å². The number of carbonyl (C=O) groups excluding carboxylic acids is 2. The van der Waals surface area contributed by atoms with Crippen LogP contribution in [0.4, 0.5) is 5.69 Å². The van der Waals surface area contributed by atoms with Crippen LogP contribution in [-0.2, 0) is 32.6 Å². The lowest BCUT2D eigenvalue weighted by Crippen LogP contribution is -2.54. The fourth-order valence-electron chi connectivity index (χ4n) is 4.82. The van der Waals surface area contributed by atoms with E-state index in [1.165, 1.54) is 17.0 Å². The molecule has 4 aromatic carbocycles. The van der Waals surface area contributed by atoms with Crippen LogP contribution >= 0.6 is 11.6 Å². The molecule has 0 aliphatic carbocycles. The van der Waals surface area contributed by atoms with Crippen molar-refractivity contribution in [2.75, 3.05) is 10.8 Å². The number of nitrogens with zero attached hydrogens (tertiary/aromatic N) is 2. The van der Waals surface area contributed by atoms with Gasteiger partial charge in [0, 0.05) is 24.0 Å². The molecule has 7 nitrogen and oxygen atoms in total. The predicted molar refractivity (Wildman–Crippen MR) is 176 cm³/mol. The summed E-state index contributed by atoms with van der Waals surface area (Å²) >= 11 is 6.13. The Labute approximate surface area is 265 Å². The van der Waals surface area contributed by atoms with Gasteiger partial charge in [-0.1, -0.05) is 91.3 Å². The number of amides is 2. The average molecular weight is 632 g/mol. The van der Waals surface area contributed by atoms with Gasteiger partial charge in [0.15, 0.2) is 0 Å². The number of anilines is 1. The Hall–Kier alpha value is -4.14. The Morgan fingerprint density at radius 2 is 1.43 bits per heavy atom. The highest BCUT2D eigenvalue weighted by Gasteiger charge is 2.35. The van der Waals surface area contributed by atoms with Gasteiger partial charge in [-0.15, -0.1) is 0 Å². The van der Waals surface area contributed by atoms with Crippen LogP contribution in [0.5, 0.6) is 0 Å². The molecule has 0 aromatic heterocycles. The molecule has 0 saturated heterocycles. The molecule has 0 aliphatic heterocycles. The standard InChI is InChI=1S/C35H38ClN3O4S/c1-4-27(3)37-35(41)33(23-28-14-7-5-8-15-28)38(24-29-16-12-11-13-26(29)2)34(40)25-39(31-21-19-30(36)20-22-31)44(42,43)32-17-9-6-10-18-32/h5-22,27,33H,4,23-25H2,1-3H3,(H,37,41)/t27-,33-/m0/s1. The molecule has 0 fully saturated rings. The molecule has 4 rings (SSSR count). The Balaban J connectivity index is 1.80. The molecule has 4 aromatic rings. The number of hydrogen-bond donors (Lipinski definition) is 1. The summed E-state index contributed by atoms with van der Waals surface area (Å²) in [6, 6.07) is 30.4. The molecule has 44 heavy (non-hydrogen) atoms. The Bertz CT molecular complexity index is 1650. The highest BCUT2D eigenvalue weighted by molar-refractivity contribution is 7.92. The van der Waals surface area contributed by atoms with Crippen molar-refractivity contribution in [1.82, 2.24) is 10.2 Å². The average Bonchev–Trinajstić information content (AvgIpc) is 3.03. The van der Waals surface area contributed by atoms with E-state index in [-0.39, 0.29) is 35.5 Å². The van der Waals surface area contributed by atoms with Gasteiger partial charge in [0.05, 0.1) is 10.6 Å². The second-order valence-electron chi connectivity index (χ2n) is 10.8. The SMILES string of the molecule is CC[C@H](C)NC(=O)[C@H](Cc1ccccc1)N(Cc1ccccc1C)C(=O)CN(c1ccc(Cl)cc1)S(=O)(=O)c1ccccc1. The van der Waals surface area contributed by atoms with Gasteiger partial charge in [0.1, 0.15) is 12.6 Å². The second kappa shape index (κ2) is 15.0. The summed E-state index contributed by atoms with van der Waals surface area (Å²) in [6.07, 6.45) is 0.975. The normalized spacial score (nSPS) is 12.6. The van der Waals surface area contributed by atoms with Gasteiger partial charge in [-0.25, -0.2) is 8.42 Å². The maximum Gasteiger partial charge on any atom is 0.264 e. The van der Waals surface area contributed by atoms with Gasteiger partial charge in [-0.3, -0.25) is 13.9 Å². The third kappa shape index (κ3) is 8.27. The van der Waals surface area contributed by atoms with Crippen LogP contribution in [0.2, 0.25) is 5.02 Å². The second-order valence-corrected chi connectivity index (χ2v) is 13.1. The van der Waals surface area contributed by atoms with Crippen molar-refractivity contribution in [3.8, 4) is 0 Å². The van der Waals surface area contributed by atoms with E-state index >= 15 is 0 Å². The summed E-state index contributed by atoms with van der Waals surface area (Å²) in [6.45, 7) is 5.44. The smallest absolute Gasteiger partial charge is 0.264 e. The van der Waals surface area contributed by atoms with E-state index in [2.05, 4.69) is 5.32 Å². The summed E-state index contributed by atoms with van der Waals surface area (Å²) in [4.78, 5) is 29.9. The fraction of sp³-hybridized carbons (Fsp3) is 0.257. The lowest BCUT2D eigenvalue weighted by Gasteiger charge is -2.34. The van der Waals surface area contributed by atoms with Crippen LogP contribution < -0.4 is 9.62 Å². The predicted octanol–water partition coefficient (Wildman–Crippen LogP) is 6.40. The van der Waals surface area contributed by atoms with E-state index in [9.17, 15) is 18.0 Å². The van der Waals surface area contributed by atoms with E-state index in [0.717, 1.165) is 27.4 Å². The molecular weight excluding hydrogens is 594 g/mol. The molecule has 0 aliphatic rings. The first-order valence-corrected chi connectivity index (χ1v) is 16.4. The number of rotatable bonds is 13. The minimum absolute atomic E-state index is 0.0450. The molecule has 230 valence electrons. The van der Waals surface area contributed by atoms with Crippen LogP contribution in [0.1, 0.15) is 37.0 Å². The van der Waals surface area contributed by atoms with E-state index in [4.69, 9.17) is 11.6 Å². The van der Waals surface area contributed by atoms with E-state index in [0.29, 0.717) is 5.02 Å². The van der Waals surface area contributed by atoms with Crippen LogP contribution in [-0.4, -0.2) is 43.8 Å². The van der Waals surface area contributed by atoms with Gasteiger partial charge in [-0.2, -0.15) is 0 Å². The number of sulfonamides is 1. The van der Waals surface area contributed by atoms with E-state index < -0.39 is 28.5 Å². The zero-order valence-corrected chi connectivity index (χ0v) is 26.8. The third-order valence-electron chi connectivity index (χ3n) is 7.60. The number of hydrogen-bond acceptors (Lipinski definition) is 4. The lowest BCUT2D eigenvalue weighted by atomic mass is 10.0. The summed E-state index contributed by atoms with van der Waals surface area (Å²) in [5.41, 5.74) is 2.98. The largest absolute Gasteiger partial charge is 0.352 e. The molecule has 2 atom stereocenters. The van der Waals surface area contributed by atoms with Crippen molar-refractivity contribution in [3.63, 3.8) is 0 Å². The van der Waals surface area contributed by atoms with Gasteiger partial charge >= 0.3 is 0 Å². The Morgan fingerprint density at radius 1 is 0.841 bits per heavy atom. The summed E-state index contributed by atoms with van der Waals surface area (Å²) in [5.74, 6) is -0.808. The van der Waals surface area contributed by atoms with Crippen LogP contribution in [0.3, 0.4) is 0 Å². The van der Waals surface area contributed by atoms with Crippen molar-refractivity contribution in [2.45, 2.75) is 57.1 Å². The van der Waals surface area contributed by atoms with Crippen molar-refractivity contribution < 1.29 is 18.0 Å². The number of halogens is 1. The molecule has 0 heterocycles. The molecule has 9 heteroatoms. The monoisotopic (exact) mass is 631 g/mol. The van der Waals surface area contributed by atoms with Gasteiger partial charge in [0.2, 0.25) is 11.8 Å². The van der Waals surface area contributed by atoms with Crippen LogP contribution in [0.25, 0.3) is 0 Å². The molecule has 1 N–H and O–H groups in total. The molecule has 0 unspecified atom stereocenters. The fourth-order valence-corrected chi connectivity index (χ4v) is 6.38. The summed E-state index contributed by atoms with van der Waals surface area (Å²) < 4.78 is 29.1.